The third kappa shape index (κ3) is 3.49. The highest BCUT2D eigenvalue weighted by molar-refractivity contribution is 14.1. The zero-order valence-electron chi connectivity index (χ0n) is 4.99. The first kappa shape index (κ1) is 7.91. The van der Waals surface area contributed by atoms with Gasteiger partial charge in [-0.2, -0.15) is 0 Å². The first-order chi connectivity index (χ1) is 3.12. The van der Waals surface area contributed by atoms with Gasteiger partial charge in [0.25, 0.3) is 0 Å². The molecule has 0 aromatic rings. The van der Waals surface area contributed by atoms with Gasteiger partial charge in [0.2, 0.25) is 0 Å². The zero-order chi connectivity index (χ0) is 5.91. The first-order valence-corrected chi connectivity index (χ1v) is 4.58. The smallest absolute Gasteiger partial charge is 0.146 e. The average molecular weight is 230 g/mol. The third-order valence-electron chi connectivity index (χ3n) is 0.874. The van der Waals surface area contributed by atoms with Crippen molar-refractivity contribution in [3.8, 4) is 0 Å². The minimum Gasteiger partial charge on any atom is -0.422 e. The Bertz CT molecular complexity index is 49.7. The van der Waals surface area contributed by atoms with Crippen molar-refractivity contribution in [3.63, 3.8) is 0 Å². The van der Waals surface area contributed by atoms with Crippen molar-refractivity contribution in [2.24, 2.45) is 0 Å². The van der Waals surface area contributed by atoms with E-state index in [4.69, 9.17) is 4.43 Å². The monoisotopic (exact) mass is 230 g/mol. The van der Waals surface area contributed by atoms with Gasteiger partial charge in [-0.25, -0.2) is 0 Å². The predicted molar refractivity (Wildman–Crippen MR) is 44.0 cm³/mol. The molecule has 0 aliphatic heterocycles. The molecule has 0 radical (unpaired) electrons. The molecule has 0 aliphatic carbocycles. The quantitative estimate of drug-likeness (QED) is 0.381. The highest BCUT2D eigenvalue weighted by Gasteiger charge is 2.11. The second kappa shape index (κ2) is 3.04. The lowest BCUT2D eigenvalue weighted by molar-refractivity contribution is 0.155. The summed E-state index contributed by atoms with van der Waals surface area (Å²) in [6.45, 7) is 4.21. The van der Waals surface area contributed by atoms with Crippen molar-refractivity contribution in [2.45, 2.75) is 19.4 Å². The van der Waals surface area contributed by atoms with E-state index in [0.29, 0.717) is 0 Å². The largest absolute Gasteiger partial charge is 0.422 e. The number of hydrogen-bond donors (Lipinski definition) is 0. The predicted octanol–water partition coefficient (Wildman–Crippen LogP) is 0.497. The third-order valence-corrected chi connectivity index (χ3v) is 3.82. The Hall–Kier alpha value is 0.907. The van der Waals surface area contributed by atoms with E-state index in [1.54, 1.807) is 0 Å². The molecule has 0 aromatic carbocycles. The number of rotatable bonds is 2. The number of alkyl halides is 1. The molecule has 0 fully saturated rings. The van der Waals surface area contributed by atoms with Gasteiger partial charge in [0.1, 0.15) is 10.5 Å². The summed E-state index contributed by atoms with van der Waals surface area (Å²) in [5.41, 5.74) is 0.132. The van der Waals surface area contributed by atoms with Crippen molar-refractivity contribution < 1.29 is 4.43 Å². The summed E-state index contributed by atoms with van der Waals surface area (Å²) in [7, 11) is 0.852. The summed E-state index contributed by atoms with van der Waals surface area (Å²) >= 11 is 2.33. The molecule has 0 N–H and O–H groups in total. The van der Waals surface area contributed by atoms with Gasteiger partial charge in [0.15, 0.2) is 0 Å². The molecular formula is C4H11IOSi. The molecule has 1 nitrogen and oxygen atoms in total. The molecule has 0 bridgehead atoms. The lowest BCUT2D eigenvalue weighted by atomic mass is 10.2. The Morgan fingerprint density at radius 1 is 1.71 bits per heavy atom. The van der Waals surface area contributed by atoms with Crippen molar-refractivity contribution in [1.29, 1.82) is 0 Å². The van der Waals surface area contributed by atoms with Crippen LogP contribution in [0.15, 0.2) is 0 Å². The Labute approximate surface area is 61.5 Å². The molecule has 0 spiro atoms. The fourth-order valence-electron chi connectivity index (χ4n) is 0.0546. The van der Waals surface area contributed by atoms with Crippen molar-refractivity contribution in [1.82, 2.24) is 0 Å². The molecule has 3 heteroatoms. The maximum Gasteiger partial charge on any atom is 0.146 e. The van der Waals surface area contributed by atoms with Gasteiger partial charge < -0.3 is 4.43 Å². The molecule has 0 aromatic heterocycles. The Kier molecular flexibility index (Phi) is 3.43. The lowest BCUT2D eigenvalue weighted by Gasteiger charge is -2.19. The van der Waals surface area contributed by atoms with Crippen molar-refractivity contribution in [3.05, 3.63) is 0 Å². The number of hydrogen-bond acceptors (Lipinski definition) is 1. The van der Waals surface area contributed by atoms with Gasteiger partial charge in [-0.1, -0.05) is 22.6 Å². The molecule has 0 atom stereocenters. The molecular weight excluding hydrogens is 219 g/mol. The maximum absolute atomic E-state index is 5.22. The molecule has 0 amide bonds. The minimum absolute atomic E-state index is 0.132. The second-order valence-electron chi connectivity index (χ2n) is 2.10. The van der Waals surface area contributed by atoms with Gasteiger partial charge in [-0.3, -0.25) is 0 Å². The molecule has 0 saturated heterocycles. The lowest BCUT2D eigenvalue weighted by Crippen LogP contribution is -2.24. The van der Waals surface area contributed by atoms with E-state index in [1.807, 2.05) is 0 Å². The zero-order valence-corrected chi connectivity index (χ0v) is 9.15. The number of halogens is 1. The van der Waals surface area contributed by atoms with Crippen LogP contribution >= 0.6 is 22.6 Å². The first-order valence-electron chi connectivity index (χ1n) is 2.23. The minimum atomic E-state index is 0.132. The normalized spacial score (nSPS) is 12.4. The van der Waals surface area contributed by atoms with Crippen LogP contribution in [0.4, 0.5) is 0 Å². The van der Waals surface area contributed by atoms with Gasteiger partial charge in [0.05, 0.1) is 5.60 Å². The topological polar surface area (TPSA) is 9.23 Å². The van der Waals surface area contributed by atoms with Crippen LogP contribution in [-0.2, 0) is 4.43 Å². The summed E-state index contributed by atoms with van der Waals surface area (Å²) in [6.07, 6.45) is 0. The van der Waals surface area contributed by atoms with E-state index in [0.717, 1.165) is 14.9 Å². The van der Waals surface area contributed by atoms with Crippen LogP contribution in [-0.4, -0.2) is 20.5 Å². The van der Waals surface area contributed by atoms with Crippen LogP contribution in [0, 0.1) is 0 Å². The molecule has 44 valence electrons. The van der Waals surface area contributed by atoms with E-state index in [2.05, 4.69) is 36.4 Å². The molecule has 0 aliphatic rings. The van der Waals surface area contributed by atoms with Crippen LogP contribution in [0.3, 0.4) is 0 Å². The SMILES string of the molecule is CC(C)(CI)O[SiH3]. The molecule has 0 rings (SSSR count). The van der Waals surface area contributed by atoms with Gasteiger partial charge >= 0.3 is 0 Å². The summed E-state index contributed by atoms with van der Waals surface area (Å²) in [5.74, 6) is 0. The Balaban J connectivity index is 3.36. The summed E-state index contributed by atoms with van der Waals surface area (Å²) in [4.78, 5) is 0. The summed E-state index contributed by atoms with van der Waals surface area (Å²) in [5, 5.41) is 0. The van der Waals surface area contributed by atoms with Gasteiger partial charge in [0, 0.05) is 4.43 Å². The summed E-state index contributed by atoms with van der Waals surface area (Å²) < 4.78 is 6.30. The molecule has 7 heavy (non-hydrogen) atoms. The second-order valence-corrected chi connectivity index (χ2v) is 3.27. The molecule has 0 heterocycles. The van der Waals surface area contributed by atoms with Crippen molar-refractivity contribution in [2.75, 3.05) is 4.43 Å². The maximum atomic E-state index is 5.22. The fourth-order valence-corrected chi connectivity index (χ4v) is 1.10. The highest BCUT2D eigenvalue weighted by Crippen LogP contribution is 2.09. The highest BCUT2D eigenvalue weighted by atomic mass is 127. The van der Waals surface area contributed by atoms with Crippen LogP contribution in [0.2, 0.25) is 0 Å². The Morgan fingerprint density at radius 2 is 2.14 bits per heavy atom. The summed E-state index contributed by atoms with van der Waals surface area (Å²) in [6, 6.07) is 0. The average Bonchev–Trinajstić information content (AvgIpc) is 1.68. The van der Waals surface area contributed by atoms with Gasteiger partial charge in [-0.05, 0) is 13.8 Å². The Morgan fingerprint density at radius 3 is 2.14 bits per heavy atom. The van der Waals surface area contributed by atoms with Crippen molar-refractivity contribution >= 4 is 33.1 Å². The van der Waals surface area contributed by atoms with Crippen LogP contribution < -0.4 is 0 Å². The van der Waals surface area contributed by atoms with Crippen LogP contribution in [0.1, 0.15) is 13.8 Å². The van der Waals surface area contributed by atoms with E-state index in [-0.39, 0.29) is 5.60 Å². The van der Waals surface area contributed by atoms with E-state index in [9.17, 15) is 0 Å². The van der Waals surface area contributed by atoms with E-state index < -0.39 is 0 Å². The van der Waals surface area contributed by atoms with E-state index in [1.165, 1.54) is 0 Å². The molecule has 0 unspecified atom stereocenters. The fraction of sp³-hybridized carbons (Fsp3) is 1.00. The van der Waals surface area contributed by atoms with E-state index >= 15 is 0 Å². The standard InChI is InChI=1S/C4H11IOSi/c1-4(2,3-5)6-7/h3H2,1-2,7H3. The van der Waals surface area contributed by atoms with Crippen LogP contribution in [0.25, 0.3) is 0 Å². The van der Waals surface area contributed by atoms with Gasteiger partial charge in [-0.15, -0.1) is 0 Å². The molecule has 0 saturated carbocycles. The van der Waals surface area contributed by atoms with Crippen LogP contribution in [0.5, 0.6) is 0 Å².